The van der Waals surface area contributed by atoms with Crippen LogP contribution in [0.4, 0.5) is 0 Å². The predicted molar refractivity (Wildman–Crippen MR) is 87.4 cm³/mol. The van der Waals surface area contributed by atoms with E-state index in [4.69, 9.17) is 4.74 Å². The standard InChI is InChI=1S/C17H21N3O3/c1-12(2)15-8-17(22)20(11-19-15)10-16(21)18-9-13-5-4-6-14(7-13)23-3/h4-8,11-12H,9-10H2,1-3H3,(H,18,21). The smallest absolute Gasteiger partial charge is 0.254 e. The van der Waals surface area contributed by atoms with Gasteiger partial charge in [-0.1, -0.05) is 26.0 Å². The lowest BCUT2D eigenvalue weighted by Gasteiger charge is -2.09. The van der Waals surface area contributed by atoms with E-state index >= 15 is 0 Å². The number of hydrogen-bond acceptors (Lipinski definition) is 4. The van der Waals surface area contributed by atoms with E-state index in [0.29, 0.717) is 6.54 Å². The fraction of sp³-hybridized carbons (Fsp3) is 0.353. The zero-order valence-corrected chi connectivity index (χ0v) is 13.6. The van der Waals surface area contributed by atoms with Crippen molar-refractivity contribution in [3.63, 3.8) is 0 Å². The number of benzene rings is 1. The van der Waals surface area contributed by atoms with Gasteiger partial charge in [-0.2, -0.15) is 0 Å². The number of hydrogen-bond donors (Lipinski definition) is 1. The molecule has 6 nitrogen and oxygen atoms in total. The third-order valence-electron chi connectivity index (χ3n) is 3.43. The van der Waals surface area contributed by atoms with Crippen LogP contribution in [0.3, 0.4) is 0 Å². The summed E-state index contributed by atoms with van der Waals surface area (Å²) in [5, 5.41) is 2.78. The maximum absolute atomic E-state index is 12.0. The van der Waals surface area contributed by atoms with Crippen LogP contribution in [0.1, 0.15) is 31.0 Å². The number of rotatable bonds is 6. The lowest BCUT2D eigenvalue weighted by atomic mass is 10.1. The first-order valence-corrected chi connectivity index (χ1v) is 7.45. The van der Waals surface area contributed by atoms with Crippen LogP contribution in [0, 0.1) is 0 Å². The second kappa shape index (κ2) is 7.58. The van der Waals surface area contributed by atoms with Crippen LogP contribution in [0.2, 0.25) is 0 Å². The number of nitrogens with zero attached hydrogens (tertiary/aromatic N) is 2. The van der Waals surface area contributed by atoms with Gasteiger partial charge >= 0.3 is 0 Å². The first-order chi connectivity index (χ1) is 11.0. The van der Waals surface area contributed by atoms with E-state index < -0.39 is 0 Å². The van der Waals surface area contributed by atoms with E-state index in [9.17, 15) is 9.59 Å². The van der Waals surface area contributed by atoms with Crippen molar-refractivity contribution in [3.05, 3.63) is 58.3 Å². The first-order valence-electron chi connectivity index (χ1n) is 7.45. The Bertz CT molecular complexity index is 738. The Labute approximate surface area is 135 Å². The van der Waals surface area contributed by atoms with Crippen molar-refractivity contribution < 1.29 is 9.53 Å². The highest BCUT2D eigenvalue weighted by atomic mass is 16.5. The Balaban J connectivity index is 1.95. The molecular formula is C17H21N3O3. The van der Waals surface area contributed by atoms with Crippen molar-refractivity contribution in [2.45, 2.75) is 32.9 Å². The molecule has 0 atom stereocenters. The second-order valence-corrected chi connectivity index (χ2v) is 5.56. The summed E-state index contributed by atoms with van der Waals surface area (Å²) in [6.45, 7) is 4.26. The number of carbonyl (C=O) groups excluding carboxylic acids is 1. The summed E-state index contributed by atoms with van der Waals surface area (Å²) in [6.07, 6.45) is 1.42. The molecule has 1 aromatic heterocycles. The Kier molecular flexibility index (Phi) is 5.51. The molecule has 122 valence electrons. The van der Waals surface area contributed by atoms with Crippen LogP contribution in [0.5, 0.6) is 5.75 Å². The molecule has 1 heterocycles. The van der Waals surface area contributed by atoms with E-state index in [-0.39, 0.29) is 23.9 Å². The summed E-state index contributed by atoms with van der Waals surface area (Å²) in [4.78, 5) is 28.1. The highest BCUT2D eigenvalue weighted by Crippen LogP contribution is 2.12. The SMILES string of the molecule is COc1cccc(CNC(=O)Cn2cnc(C(C)C)cc2=O)c1. The Morgan fingerprint density at radius 2 is 2.13 bits per heavy atom. The van der Waals surface area contributed by atoms with E-state index in [2.05, 4.69) is 10.3 Å². The van der Waals surface area contributed by atoms with Crippen LogP contribution in [0.25, 0.3) is 0 Å². The number of nitrogens with one attached hydrogen (secondary N) is 1. The van der Waals surface area contributed by atoms with Crippen LogP contribution in [0.15, 0.2) is 41.5 Å². The minimum absolute atomic E-state index is 0.0474. The molecular weight excluding hydrogens is 294 g/mol. The van der Waals surface area contributed by atoms with Crippen LogP contribution in [-0.4, -0.2) is 22.6 Å². The average molecular weight is 315 g/mol. The van der Waals surface area contributed by atoms with Gasteiger partial charge in [0.1, 0.15) is 12.3 Å². The van der Waals surface area contributed by atoms with Crippen molar-refractivity contribution in [1.82, 2.24) is 14.9 Å². The molecule has 6 heteroatoms. The highest BCUT2D eigenvalue weighted by Gasteiger charge is 2.08. The van der Waals surface area contributed by atoms with Crippen molar-refractivity contribution in [1.29, 1.82) is 0 Å². The molecule has 0 aliphatic rings. The van der Waals surface area contributed by atoms with Crippen molar-refractivity contribution in [2.75, 3.05) is 7.11 Å². The molecule has 1 amide bonds. The number of aromatic nitrogens is 2. The van der Waals surface area contributed by atoms with E-state index in [1.54, 1.807) is 7.11 Å². The molecule has 0 unspecified atom stereocenters. The second-order valence-electron chi connectivity index (χ2n) is 5.56. The molecule has 0 aliphatic heterocycles. The minimum Gasteiger partial charge on any atom is -0.497 e. The van der Waals surface area contributed by atoms with Crippen LogP contribution in [-0.2, 0) is 17.9 Å². The molecule has 2 aromatic rings. The fourth-order valence-corrected chi connectivity index (χ4v) is 2.07. The van der Waals surface area contributed by atoms with Gasteiger partial charge in [0, 0.05) is 12.6 Å². The molecule has 0 bridgehead atoms. The zero-order chi connectivity index (χ0) is 16.8. The molecule has 0 fully saturated rings. The molecule has 0 saturated carbocycles. The quantitative estimate of drug-likeness (QED) is 0.880. The molecule has 0 spiro atoms. The lowest BCUT2D eigenvalue weighted by molar-refractivity contribution is -0.121. The maximum atomic E-state index is 12.0. The molecule has 1 aromatic carbocycles. The van der Waals surface area contributed by atoms with Gasteiger partial charge in [-0.15, -0.1) is 0 Å². The molecule has 0 aliphatic carbocycles. The Morgan fingerprint density at radius 3 is 2.78 bits per heavy atom. The van der Waals surface area contributed by atoms with Gasteiger partial charge in [-0.05, 0) is 23.6 Å². The number of amides is 1. The largest absolute Gasteiger partial charge is 0.497 e. The molecule has 0 radical (unpaired) electrons. The lowest BCUT2D eigenvalue weighted by Crippen LogP contribution is -2.32. The van der Waals surface area contributed by atoms with E-state index in [0.717, 1.165) is 17.0 Å². The first kappa shape index (κ1) is 16.7. The van der Waals surface area contributed by atoms with Gasteiger partial charge in [-0.3, -0.25) is 14.2 Å². The van der Waals surface area contributed by atoms with Gasteiger partial charge in [0.25, 0.3) is 5.56 Å². The van der Waals surface area contributed by atoms with Gasteiger partial charge in [-0.25, -0.2) is 4.98 Å². The minimum atomic E-state index is -0.242. The van der Waals surface area contributed by atoms with Crippen molar-refractivity contribution >= 4 is 5.91 Å². The van der Waals surface area contributed by atoms with Gasteiger partial charge in [0.05, 0.1) is 19.1 Å². The average Bonchev–Trinajstić information content (AvgIpc) is 2.55. The van der Waals surface area contributed by atoms with Gasteiger partial charge < -0.3 is 10.1 Å². The van der Waals surface area contributed by atoms with Crippen molar-refractivity contribution in [3.8, 4) is 5.75 Å². The molecule has 1 N–H and O–H groups in total. The van der Waals surface area contributed by atoms with Crippen molar-refractivity contribution in [2.24, 2.45) is 0 Å². The zero-order valence-electron chi connectivity index (χ0n) is 13.6. The third-order valence-corrected chi connectivity index (χ3v) is 3.43. The summed E-state index contributed by atoms with van der Waals surface area (Å²) in [6, 6.07) is 8.92. The molecule has 2 rings (SSSR count). The topological polar surface area (TPSA) is 73.2 Å². The Hall–Kier alpha value is -2.63. The summed E-state index contributed by atoms with van der Waals surface area (Å²) < 4.78 is 6.44. The number of carbonyl (C=O) groups is 1. The maximum Gasteiger partial charge on any atom is 0.254 e. The predicted octanol–water partition coefficient (Wildman–Crippen LogP) is 1.69. The molecule has 0 saturated heterocycles. The summed E-state index contributed by atoms with van der Waals surface area (Å²) >= 11 is 0. The number of methoxy groups -OCH3 is 1. The van der Waals surface area contributed by atoms with E-state index in [1.165, 1.54) is 17.0 Å². The van der Waals surface area contributed by atoms with E-state index in [1.807, 2.05) is 38.1 Å². The fourth-order valence-electron chi connectivity index (χ4n) is 2.07. The van der Waals surface area contributed by atoms with Crippen LogP contribution >= 0.6 is 0 Å². The summed E-state index contributed by atoms with van der Waals surface area (Å²) in [7, 11) is 1.60. The molecule has 23 heavy (non-hydrogen) atoms. The number of ether oxygens (including phenoxy) is 1. The highest BCUT2D eigenvalue weighted by molar-refractivity contribution is 5.75. The summed E-state index contributed by atoms with van der Waals surface area (Å²) in [5.41, 5.74) is 1.43. The monoisotopic (exact) mass is 315 g/mol. The van der Waals surface area contributed by atoms with Gasteiger partial charge in [0.2, 0.25) is 5.91 Å². The Morgan fingerprint density at radius 1 is 1.35 bits per heavy atom. The van der Waals surface area contributed by atoms with Gasteiger partial charge in [0.15, 0.2) is 0 Å². The summed E-state index contributed by atoms with van der Waals surface area (Å²) in [5.74, 6) is 0.676. The normalized spacial score (nSPS) is 10.6. The van der Waals surface area contributed by atoms with Crippen LogP contribution < -0.4 is 15.6 Å². The third kappa shape index (κ3) is 4.67.